The molecule has 1 aliphatic carbocycles. The summed E-state index contributed by atoms with van der Waals surface area (Å²) < 4.78 is 18.7. The van der Waals surface area contributed by atoms with Gasteiger partial charge in [0, 0.05) is 32.6 Å². The van der Waals surface area contributed by atoms with E-state index < -0.39 is 23.6 Å². The van der Waals surface area contributed by atoms with Crippen LogP contribution in [0.2, 0.25) is 0 Å². The SMILES string of the molecule is CCCN(Cc1ccc(Oc2ccccc2)cc1)C(=O)[C@H]1[C@@H](OC(=O)O)C[C@]1(Cn1cnnn1)C(=O)N(CCC)Cc1ccc(Oc2ccccc2)cc1. The van der Waals surface area contributed by atoms with Crippen molar-refractivity contribution in [3.05, 3.63) is 127 Å². The fraction of sp³-hybridized carbons (Fsp3) is 0.317. The van der Waals surface area contributed by atoms with E-state index in [2.05, 4.69) is 15.5 Å². The highest BCUT2D eigenvalue weighted by atomic mass is 16.7. The van der Waals surface area contributed by atoms with Gasteiger partial charge < -0.3 is 29.1 Å². The second-order valence-electron chi connectivity index (χ2n) is 13.4. The molecule has 1 fully saturated rings. The van der Waals surface area contributed by atoms with E-state index >= 15 is 0 Å². The molecule has 6 rings (SSSR count). The zero-order valence-corrected chi connectivity index (χ0v) is 30.4. The van der Waals surface area contributed by atoms with Gasteiger partial charge in [-0.15, -0.1) is 5.10 Å². The predicted octanol–water partition coefficient (Wildman–Crippen LogP) is 7.20. The van der Waals surface area contributed by atoms with Crippen LogP contribution in [0.4, 0.5) is 4.79 Å². The number of hydrogen-bond donors (Lipinski definition) is 1. The summed E-state index contributed by atoms with van der Waals surface area (Å²) in [6.07, 6.45) is 0.110. The number of rotatable bonds is 17. The molecule has 0 spiro atoms. The zero-order chi connectivity index (χ0) is 37.9. The van der Waals surface area contributed by atoms with Gasteiger partial charge in [-0.25, -0.2) is 9.48 Å². The van der Waals surface area contributed by atoms with Crippen molar-refractivity contribution in [1.82, 2.24) is 30.0 Å². The number of carboxylic acid groups (broad SMARTS) is 1. The van der Waals surface area contributed by atoms with Crippen molar-refractivity contribution in [2.24, 2.45) is 11.3 Å². The molecule has 1 heterocycles. The number of aromatic nitrogens is 4. The monoisotopic (exact) mass is 732 g/mol. The molecule has 13 heteroatoms. The first-order valence-electron chi connectivity index (χ1n) is 18.1. The van der Waals surface area contributed by atoms with Gasteiger partial charge in [0.2, 0.25) is 11.8 Å². The molecule has 0 aliphatic heterocycles. The normalized spacial score (nSPS) is 17.5. The van der Waals surface area contributed by atoms with Crippen molar-refractivity contribution < 1.29 is 33.7 Å². The molecule has 1 aromatic heterocycles. The minimum atomic E-state index is -1.51. The molecule has 0 radical (unpaired) electrons. The molecule has 280 valence electrons. The Morgan fingerprint density at radius 2 is 1.24 bits per heavy atom. The van der Waals surface area contributed by atoms with Crippen molar-refractivity contribution in [1.29, 1.82) is 0 Å². The average Bonchev–Trinajstić information content (AvgIpc) is 3.69. The number of hydrogen-bond acceptors (Lipinski definition) is 9. The van der Waals surface area contributed by atoms with E-state index in [-0.39, 0.29) is 37.9 Å². The van der Waals surface area contributed by atoms with E-state index in [0.29, 0.717) is 48.9 Å². The van der Waals surface area contributed by atoms with E-state index in [1.165, 1.54) is 11.0 Å². The maximum absolute atomic E-state index is 15.0. The summed E-state index contributed by atoms with van der Waals surface area (Å²) >= 11 is 0. The van der Waals surface area contributed by atoms with Crippen LogP contribution in [0.5, 0.6) is 23.0 Å². The van der Waals surface area contributed by atoms with Crippen LogP contribution in [0.1, 0.15) is 44.2 Å². The summed E-state index contributed by atoms with van der Waals surface area (Å²) in [4.78, 5) is 45.1. The molecule has 13 nitrogen and oxygen atoms in total. The van der Waals surface area contributed by atoms with Crippen molar-refractivity contribution in [2.45, 2.75) is 58.8 Å². The minimum absolute atomic E-state index is 0.00997. The number of amides is 2. The van der Waals surface area contributed by atoms with Gasteiger partial charge in [-0.05, 0) is 82.9 Å². The summed E-state index contributed by atoms with van der Waals surface area (Å²) in [6.45, 7) is 5.18. The predicted molar refractivity (Wildman–Crippen MR) is 199 cm³/mol. The quantitative estimate of drug-likeness (QED) is 0.0973. The van der Waals surface area contributed by atoms with E-state index in [0.717, 1.165) is 11.1 Å². The lowest BCUT2D eigenvalue weighted by atomic mass is 9.56. The van der Waals surface area contributed by atoms with Crippen LogP contribution in [0.3, 0.4) is 0 Å². The Hall–Kier alpha value is -6.24. The molecular weight excluding hydrogens is 688 g/mol. The molecular formula is C41H44N6O7. The van der Waals surface area contributed by atoms with Gasteiger partial charge in [0.1, 0.15) is 35.4 Å². The molecule has 2 amide bonds. The Morgan fingerprint density at radius 1 is 0.741 bits per heavy atom. The molecule has 0 unspecified atom stereocenters. The van der Waals surface area contributed by atoms with Crippen LogP contribution in [-0.2, 0) is 34.0 Å². The van der Waals surface area contributed by atoms with Crippen LogP contribution in [0, 0.1) is 11.3 Å². The lowest BCUT2D eigenvalue weighted by molar-refractivity contribution is -0.189. The Balaban J connectivity index is 1.27. The third kappa shape index (κ3) is 9.03. The van der Waals surface area contributed by atoms with Gasteiger partial charge in [-0.1, -0.05) is 74.5 Å². The number of carbonyl (C=O) groups is 3. The topological polar surface area (TPSA) is 149 Å². The first-order valence-corrected chi connectivity index (χ1v) is 18.1. The van der Waals surface area contributed by atoms with Crippen molar-refractivity contribution >= 4 is 18.0 Å². The lowest BCUT2D eigenvalue weighted by Gasteiger charge is -2.53. The molecule has 0 bridgehead atoms. The smallest absolute Gasteiger partial charge is 0.457 e. The highest BCUT2D eigenvalue weighted by Crippen LogP contribution is 2.52. The summed E-state index contributed by atoms with van der Waals surface area (Å²) in [5, 5.41) is 21.3. The summed E-state index contributed by atoms with van der Waals surface area (Å²) in [6, 6.07) is 33.9. The number of para-hydroxylation sites is 2. The third-order valence-electron chi connectivity index (χ3n) is 9.45. The van der Waals surface area contributed by atoms with Crippen LogP contribution in [0.25, 0.3) is 0 Å². The summed E-state index contributed by atoms with van der Waals surface area (Å²) in [5.74, 6) is 0.915. The van der Waals surface area contributed by atoms with E-state index in [1.54, 1.807) is 9.80 Å². The fourth-order valence-corrected chi connectivity index (χ4v) is 7.01. The van der Waals surface area contributed by atoms with Crippen LogP contribution in [0.15, 0.2) is 116 Å². The first kappa shape index (κ1) is 37.5. The number of ether oxygens (including phenoxy) is 3. The lowest BCUT2D eigenvalue weighted by Crippen LogP contribution is -2.67. The number of carbonyl (C=O) groups excluding carboxylic acids is 2. The molecule has 0 saturated heterocycles. The van der Waals surface area contributed by atoms with Crippen molar-refractivity contribution in [3.63, 3.8) is 0 Å². The van der Waals surface area contributed by atoms with Gasteiger partial charge in [0.15, 0.2) is 0 Å². The molecule has 1 N–H and O–H groups in total. The number of benzene rings is 4. The fourth-order valence-electron chi connectivity index (χ4n) is 7.01. The number of tetrazole rings is 1. The van der Waals surface area contributed by atoms with Crippen LogP contribution >= 0.6 is 0 Å². The maximum Gasteiger partial charge on any atom is 0.506 e. The summed E-state index contributed by atoms with van der Waals surface area (Å²) in [7, 11) is 0. The van der Waals surface area contributed by atoms with E-state index in [1.807, 2.05) is 123 Å². The Labute approximate surface area is 314 Å². The van der Waals surface area contributed by atoms with Crippen molar-refractivity contribution in [2.75, 3.05) is 13.1 Å². The van der Waals surface area contributed by atoms with Gasteiger partial charge in [-0.3, -0.25) is 9.59 Å². The average molecular weight is 733 g/mol. The second kappa shape index (κ2) is 17.5. The van der Waals surface area contributed by atoms with E-state index in [4.69, 9.17) is 14.2 Å². The molecule has 5 aromatic rings. The third-order valence-corrected chi connectivity index (χ3v) is 9.45. The Kier molecular flexibility index (Phi) is 12.2. The largest absolute Gasteiger partial charge is 0.506 e. The Bertz CT molecular complexity index is 1960. The second-order valence-corrected chi connectivity index (χ2v) is 13.4. The molecule has 54 heavy (non-hydrogen) atoms. The van der Waals surface area contributed by atoms with Crippen LogP contribution < -0.4 is 9.47 Å². The van der Waals surface area contributed by atoms with E-state index in [9.17, 15) is 19.5 Å². The maximum atomic E-state index is 15.0. The first-order chi connectivity index (χ1) is 26.3. The zero-order valence-electron chi connectivity index (χ0n) is 30.4. The van der Waals surface area contributed by atoms with Crippen LogP contribution in [-0.4, -0.2) is 72.3 Å². The van der Waals surface area contributed by atoms with Gasteiger partial charge in [0.05, 0.1) is 17.9 Å². The standard InChI is InChI=1S/C41H44N6O7/c1-3-23-45(26-30-15-19-34(20-16-30)52-32-11-7-5-8-12-32)38(48)37-36(54-40(50)51)25-41(37,28-47-29-42-43-44-47)39(49)46(24-4-2)27-31-17-21-35(22-18-31)53-33-13-9-6-10-14-33/h5-22,29,36-37H,3-4,23-28H2,1-2H3,(H,50,51)/t36-,37+,41+/m0/s1. The molecule has 1 saturated carbocycles. The van der Waals surface area contributed by atoms with Gasteiger partial charge in [0.25, 0.3) is 0 Å². The molecule has 3 atom stereocenters. The highest BCUT2D eigenvalue weighted by Gasteiger charge is 2.65. The molecule has 4 aromatic carbocycles. The minimum Gasteiger partial charge on any atom is -0.457 e. The van der Waals surface area contributed by atoms with Gasteiger partial charge in [-0.2, -0.15) is 0 Å². The van der Waals surface area contributed by atoms with Crippen molar-refractivity contribution in [3.8, 4) is 23.0 Å². The van der Waals surface area contributed by atoms with Gasteiger partial charge >= 0.3 is 6.16 Å². The molecule has 1 aliphatic rings. The Morgan fingerprint density at radius 3 is 1.72 bits per heavy atom. The summed E-state index contributed by atoms with van der Waals surface area (Å²) in [5.41, 5.74) is 0.317. The number of nitrogens with zero attached hydrogens (tertiary/aromatic N) is 6. The highest BCUT2D eigenvalue weighted by molar-refractivity contribution is 5.93.